The standard InChI is InChI=1S/C11H13N3O.C2H6/c12-10-7-6-9(14(10)11(13)15)8-4-2-1-3-5-8;1-2/h1-5,9,12H,6-7H2,(H2,13,15);1-2H3/t9-;/m0./s1. The molecule has 1 aliphatic heterocycles. The Balaban J connectivity index is 0.000000686. The van der Waals surface area contributed by atoms with Gasteiger partial charge in [0.25, 0.3) is 0 Å². The van der Waals surface area contributed by atoms with Crippen molar-refractivity contribution in [2.45, 2.75) is 32.7 Å². The summed E-state index contributed by atoms with van der Waals surface area (Å²) in [6, 6.07) is 9.10. The van der Waals surface area contributed by atoms with Gasteiger partial charge in [0.2, 0.25) is 0 Å². The van der Waals surface area contributed by atoms with E-state index in [1.54, 1.807) is 0 Å². The predicted molar refractivity (Wildman–Crippen MR) is 68.9 cm³/mol. The number of carbonyl (C=O) groups excluding carboxylic acids is 1. The van der Waals surface area contributed by atoms with Crippen molar-refractivity contribution in [2.24, 2.45) is 5.73 Å². The lowest BCUT2D eigenvalue weighted by Crippen LogP contribution is -2.37. The van der Waals surface area contributed by atoms with E-state index in [-0.39, 0.29) is 6.04 Å². The highest BCUT2D eigenvalue weighted by Crippen LogP contribution is 2.32. The Bertz CT molecular complexity index is 389. The monoisotopic (exact) mass is 233 g/mol. The van der Waals surface area contributed by atoms with Crippen LogP contribution in [0.3, 0.4) is 0 Å². The Morgan fingerprint density at radius 3 is 2.47 bits per heavy atom. The fourth-order valence-electron chi connectivity index (χ4n) is 1.99. The molecule has 1 saturated heterocycles. The molecule has 4 nitrogen and oxygen atoms in total. The van der Waals surface area contributed by atoms with Crippen LogP contribution in [0.1, 0.15) is 38.3 Å². The molecule has 1 aromatic carbocycles. The van der Waals surface area contributed by atoms with Crippen molar-refractivity contribution >= 4 is 11.9 Å². The average Bonchev–Trinajstić information content (AvgIpc) is 2.75. The summed E-state index contributed by atoms with van der Waals surface area (Å²) in [7, 11) is 0. The van der Waals surface area contributed by atoms with E-state index in [4.69, 9.17) is 11.1 Å². The molecule has 3 N–H and O–H groups in total. The van der Waals surface area contributed by atoms with Crippen molar-refractivity contribution in [1.29, 1.82) is 5.41 Å². The molecule has 4 heteroatoms. The van der Waals surface area contributed by atoms with Crippen LogP contribution < -0.4 is 5.73 Å². The minimum Gasteiger partial charge on any atom is -0.351 e. The van der Waals surface area contributed by atoms with Gasteiger partial charge in [-0.3, -0.25) is 10.3 Å². The molecule has 0 radical (unpaired) electrons. The largest absolute Gasteiger partial charge is 0.351 e. The second-order valence-corrected chi connectivity index (χ2v) is 3.62. The number of amidine groups is 1. The molecule has 0 bridgehead atoms. The molecule has 1 heterocycles. The Hall–Kier alpha value is -1.84. The molecule has 92 valence electrons. The van der Waals surface area contributed by atoms with E-state index in [0.29, 0.717) is 12.3 Å². The van der Waals surface area contributed by atoms with Crippen molar-refractivity contribution in [3.05, 3.63) is 35.9 Å². The van der Waals surface area contributed by atoms with E-state index in [1.165, 1.54) is 4.90 Å². The third kappa shape index (κ3) is 2.84. The number of nitrogens with zero attached hydrogens (tertiary/aromatic N) is 1. The summed E-state index contributed by atoms with van der Waals surface area (Å²) in [6.07, 6.45) is 1.40. The molecule has 0 spiro atoms. The molecule has 17 heavy (non-hydrogen) atoms. The number of nitrogens with one attached hydrogen (secondary N) is 1. The number of amides is 2. The van der Waals surface area contributed by atoms with Crippen LogP contribution in [0.5, 0.6) is 0 Å². The van der Waals surface area contributed by atoms with Gasteiger partial charge in [-0.05, 0) is 12.0 Å². The molecule has 2 amide bonds. The first-order valence-electron chi connectivity index (χ1n) is 5.91. The lowest BCUT2D eigenvalue weighted by molar-refractivity contribution is 0.221. The fraction of sp³-hybridized carbons (Fsp3) is 0.385. The van der Waals surface area contributed by atoms with Crippen LogP contribution >= 0.6 is 0 Å². The van der Waals surface area contributed by atoms with Gasteiger partial charge in [0.15, 0.2) is 0 Å². The maximum atomic E-state index is 11.2. The SMILES string of the molecule is CC.N=C1CC[C@@H](c2ccccc2)N1C(N)=O. The van der Waals surface area contributed by atoms with Crippen LogP contribution in [-0.4, -0.2) is 16.8 Å². The first-order chi connectivity index (χ1) is 8.20. The third-order valence-corrected chi connectivity index (χ3v) is 2.68. The molecular weight excluding hydrogens is 214 g/mol. The number of urea groups is 1. The van der Waals surface area contributed by atoms with Crippen LogP contribution in [-0.2, 0) is 0 Å². The smallest absolute Gasteiger partial charge is 0.320 e. The van der Waals surface area contributed by atoms with Crippen LogP contribution in [0.4, 0.5) is 4.79 Å². The molecule has 1 aliphatic rings. The zero-order valence-corrected chi connectivity index (χ0v) is 10.3. The van der Waals surface area contributed by atoms with Gasteiger partial charge in [-0.15, -0.1) is 0 Å². The van der Waals surface area contributed by atoms with Gasteiger partial charge in [0.1, 0.15) is 5.84 Å². The number of rotatable bonds is 1. The highest BCUT2D eigenvalue weighted by atomic mass is 16.2. The van der Waals surface area contributed by atoms with Gasteiger partial charge in [-0.2, -0.15) is 0 Å². The second-order valence-electron chi connectivity index (χ2n) is 3.62. The lowest BCUT2D eigenvalue weighted by atomic mass is 10.1. The first kappa shape index (κ1) is 13.2. The van der Waals surface area contributed by atoms with Gasteiger partial charge in [0, 0.05) is 6.42 Å². The number of primary amides is 1. The van der Waals surface area contributed by atoms with E-state index in [0.717, 1.165) is 12.0 Å². The molecule has 1 fully saturated rings. The van der Waals surface area contributed by atoms with Gasteiger partial charge < -0.3 is 5.73 Å². The number of benzene rings is 1. The quantitative estimate of drug-likeness (QED) is 0.769. The summed E-state index contributed by atoms with van der Waals surface area (Å²) in [4.78, 5) is 12.6. The van der Waals surface area contributed by atoms with Gasteiger partial charge in [0.05, 0.1) is 6.04 Å². The highest BCUT2D eigenvalue weighted by molar-refractivity contribution is 5.97. The third-order valence-electron chi connectivity index (χ3n) is 2.68. The minimum atomic E-state index is -0.536. The Kier molecular flexibility index (Phi) is 4.69. The summed E-state index contributed by atoms with van der Waals surface area (Å²) in [5, 5.41) is 7.64. The Morgan fingerprint density at radius 2 is 1.94 bits per heavy atom. The summed E-state index contributed by atoms with van der Waals surface area (Å²) in [6.45, 7) is 4.00. The van der Waals surface area contributed by atoms with Crippen LogP contribution in [0.2, 0.25) is 0 Å². The zero-order chi connectivity index (χ0) is 12.8. The molecule has 0 aliphatic carbocycles. The van der Waals surface area contributed by atoms with Gasteiger partial charge in [-0.25, -0.2) is 4.79 Å². The lowest BCUT2D eigenvalue weighted by Gasteiger charge is -2.22. The van der Waals surface area contributed by atoms with Crippen molar-refractivity contribution in [1.82, 2.24) is 4.90 Å². The molecule has 2 rings (SSSR count). The topological polar surface area (TPSA) is 70.2 Å². The molecule has 0 aromatic heterocycles. The fourth-order valence-corrected chi connectivity index (χ4v) is 1.99. The molecular formula is C13H19N3O. The van der Waals surface area contributed by atoms with E-state index in [2.05, 4.69) is 0 Å². The summed E-state index contributed by atoms with van der Waals surface area (Å²) >= 11 is 0. The molecule has 0 unspecified atom stereocenters. The number of carbonyl (C=O) groups is 1. The number of hydrogen-bond donors (Lipinski definition) is 2. The van der Waals surface area contributed by atoms with Crippen molar-refractivity contribution < 1.29 is 4.79 Å². The maximum absolute atomic E-state index is 11.2. The Labute approximate surface area is 102 Å². The number of nitrogens with two attached hydrogens (primary N) is 1. The summed E-state index contributed by atoms with van der Waals surface area (Å²) in [5.41, 5.74) is 6.30. The van der Waals surface area contributed by atoms with E-state index in [1.807, 2.05) is 44.2 Å². The van der Waals surface area contributed by atoms with Crippen LogP contribution in [0, 0.1) is 5.41 Å². The summed E-state index contributed by atoms with van der Waals surface area (Å²) < 4.78 is 0. The van der Waals surface area contributed by atoms with Crippen molar-refractivity contribution in [3.63, 3.8) is 0 Å². The average molecular weight is 233 g/mol. The predicted octanol–water partition coefficient (Wildman–Crippen LogP) is 2.91. The van der Waals surface area contributed by atoms with E-state index >= 15 is 0 Å². The summed E-state index contributed by atoms with van der Waals surface area (Å²) in [5.74, 6) is 0.316. The second kappa shape index (κ2) is 6.03. The van der Waals surface area contributed by atoms with Gasteiger partial charge >= 0.3 is 6.03 Å². The Morgan fingerprint density at radius 1 is 1.35 bits per heavy atom. The van der Waals surface area contributed by atoms with Gasteiger partial charge in [-0.1, -0.05) is 44.2 Å². The molecule has 1 atom stereocenters. The van der Waals surface area contributed by atoms with E-state index in [9.17, 15) is 4.79 Å². The normalized spacial score (nSPS) is 18.6. The van der Waals surface area contributed by atoms with Crippen molar-refractivity contribution in [2.75, 3.05) is 0 Å². The number of likely N-dealkylation sites (tertiary alicyclic amines) is 1. The van der Waals surface area contributed by atoms with E-state index < -0.39 is 6.03 Å². The maximum Gasteiger partial charge on any atom is 0.320 e. The highest BCUT2D eigenvalue weighted by Gasteiger charge is 2.32. The van der Waals surface area contributed by atoms with Crippen molar-refractivity contribution in [3.8, 4) is 0 Å². The molecule has 1 aromatic rings. The first-order valence-corrected chi connectivity index (χ1v) is 5.91. The minimum absolute atomic E-state index is 0.0591. The number of hydrogen-bond acceptors (Lipinski definition) is 2. The zero-order valence-electron chi connectivity index (χ0n) is 10.3. The van der Waals surface area contributed by atoms with Crippen LogP contribution in [0.15, 0.2) is 30.3 Å². The van der Waals surface area contributed by atoms with Crippen LogP contribution in [0.25, 0.3) is 0 Å². The molecule has 0 saturated carbocycles.